The molecule has 1 aromatic rings. The Morgan fingerprint density at radius 3 is 2.75 bits per heavy atom. The van der Waals surface area contributed by atoms with E-state index in [0.717, 1.165) is 0 Å². The smallest absolute Gasteiger partial charge is 0.325 e. The average molecular weight is 280 g/mol. The third-order valence-electron chi connectivity index (χ3n) is 2.64. The third-order valence-corrected chi connectivity index (χ3v) is 2.64. The lowest BCUT2D eigenvalue weighted by molar-refractivity contribution is -0.143. The number of urea groups is 1. The van der Waals surface area contributed by atoms with Gasteiger partial charge in [-0.1, -0.05) is 12.1 Å². The zero-order chi connectivity index (χ0) is 15.1. The number of aliphatic hydroxyl groups is 1. The number of hydrogen-bond acceptors (Lipinski definition) is 4. The molecule has 110 valence electrons. The number of amides is 2. The van der Waals surface area contributed by atoms with Crippen LogP contribution in [0, 0.1) is 0 Å². The molecule has 0 aromatic heterocycles. The Morgan fingerprint density at radius 2 is 2.15 bits per heavy atom. The number of aliphatic hydroxyl groups excluding tert-OH is 1. The highest BCUT2D eigenvalue weighted by molar-refractivity contribution is 5.91. The molecule has 1 aromatic carbocycles. The van der Waals surface area contributed by atoms with Gasteiger partial charge in [-0.2, -0.15) is 0 Å². The molecule has 0 saturated carbocycles. The number of nitrogens with one attached hydrogen (secondary N) is 1. The standard InChI is InChI=1S/C14H20N2O4/c1-4-20-13(18)9-16(3)14(19)15-12-7-5-6-11(8-12)10(2)17/h5-8,10,17H,4,9H2,1-3H3,(H,15,19). The van der Waals surface area contributed by atoms with Gasteiger partial charge in [0, 0.05) is 12.7 Å². The van der Waals surface area contributed by atoms with Crippen molar-refractivity contribution >= 4 is 17.7 Å². The van der Waals surface area contributed by atoms with Crippen LogP contribution in [0.1, 0.15) is 25.5 Å². The fourth-order valence-electron chi connectivity index (χ4n) is 1.57. The maximum Gasteiger partial charge on any atom is 0.325 e. The fraction of sp³-hybridized carbons (Fsp3) is 0.429. The van der Waals surface area contributed by atoms with Gasteiger partial charge in [0.2, 0.25) is 0 Å². The summed E-state index contributed by atoms with van der Waals surface area (Å²) in [6, 6.07) is 6.48. The summed E-state index contributed by atoms with van der Waals surface area (Å²) in [6.45, 7) is 3.52. The zero-order valence-electron chi connectivity index (χ0n) is 11.9. The van der Waals surface area contributed by atoms with Crippen molar-refractivity contribution < 1.29 is 19.4 Å². The van der Waals surface area contributed by atoms with Crippen LogP contribution in [0.15, 0.2) is 24.3 Å². The fourth-order valence-corrected chi connectivity index (χ4v) is 1.57. The molecule has 0 bridgehead atoms. The topological polar surface area (TPSA) is 78.9 Å². The number of esters is 1. The van der Waals surface area contributed by atoms with Crippen LogP contribution < -0.4 is 5.32 Å². The van der Waals surface area contributed by atoms with Crippen LogP contribution >= 0.6 is 0 Å². The lowest BCUT2D eigenvalue weighted by Crippen LogP contribution is -2.36. The van der Waals surface area contributed by atoms with E-state index in [9.17, 15) is 14.7 Å². The summed E-state index contributed by atoms with van der Waals surface area (Å²) in [6.07, 6.45) is -0.607. The monoisotopic (exact) mass is 280 g/mol. The summed E-state index contributed by atoms with van der Waals surface area (Å²) in [5.74, 6) is -0.456. The van der Waals surface area contributed by atoms with Gasteiger partial charge in [-0.3, -0.25) is 4.79 Å². The summed E-state index contributed by atoms with van der Waals surface area (Å²) >= 11 is 0. The number of rotatable bonds is 5. The van der Waals surface area contributed by atoms with E-state index in [1.807, 2.05) is 0 Å². The van der Waals surface area contributed by atoms with E-state index in [2.05, 4.69) is 5.32 Å². The molecule has 20 heavy (non-hydrogen) atoms. The van der Waals surface area contributed by atoms with Crippen molar-refractivity contribution in [3.8, 4) is 0 Å². The van der Waals surface area contributed by atoms with Crippen molar-refractivity contribution in [2.75, 3.05) is 25.5 Å². The predicted octanol–water partition coefficient (Wildman–Crippen LogP) is 1.77. The normalized spacial score (nSPS) is 11.6. The van der Waals surface area contributed by atoms with Gasteiger partial charge in [-0.05, 0) is 31.5 Å². The molecule has 0 spiro atoms. The lowest BCUT2D eigenvalue weighted by atomic mass is 10.1. The second-order valence-corrected chi connectivity index (χ2v) is 4.39. The molecule has 0 fully saturated rings. The van der Waals surface area contributed by atoms with Gasteiger partial charge in [-0.25, -0.2) is 4.79 Å². The number of carbonyl (C=O) groups is 2. The van der Waals surface area contributed by atoms with Gasteiger partial charge in [0.1, 0.15) is 6.54 Å². The summed E-state index contributed by atoms with van der Waals surface area (Å²) in [5.41, 5.74) is 1.26. The second kappa shape index (κ2) is 7.49. The molecule has 0 radical (unpaired) electrons. The van der Waals surface area contributed by atoms with Gasteiger partial charge in [-0.15, -0.1) is 0 Å². The van der Waals surface area contributed by atoms with Gasteiger partial charge in [0.15, 0.2) is 0 Å². The van der Waals surface area contributed by atoms with Crippen LogP contribution in [0.2, 0.25) is 0 Å². The van der Waals surface area contributed by atoms with Crippen molar-refractivity contribution in [1.82, 2.24) is 4.90 Å². The molecule has 6 heteroatoms. The summed E-state index contributed by atoms with van der Waals surface area (Å²) < 4.78 is 4.77. The summed E-state index contributed by atoms with van der Waals surface area (Å²) in [4.78, 5) is 24.4. The quantitative estimate of drug-likeness (QED) is 0.806. The molecular formula is C14H20N2O4. The number of nitrogens with zero attached hydrogens (tertiary/aromatic N) is 1. The largest absolute Gasteiger partial charge is 0.465 e. The Labute approximate surface area is 118 Å². The number of likely N-dealkylation sites (N-methyl/N-ethyl adjacent to an activating group) is 1. The molecule has 0 saturated heterocycles. The molecule has 1 rings (SSSR count). The Hall–Kier alpha value is -2.08. The highest BCUT2D eigenvalue weighted by Gasteiger charge is 2.14. The van der Waals surface area contributed by atoms with Crippen LogP contribution in [0.4, 0.5) is 10.5 Å². The van der Waals surface area contributed by atoms with Gasteiger partial charge < -0.3 is 20.1 Å². The Balaban J connectivity index is 2.61. The van der Waals surface area contributed by atoms with Gasteiger partial charge in [0.05, 0.1) is 12.7 Å². The molecule has 0 heterocycles. The van der Waals surface area contributed by atoms with E-state index in [0.29, 0.717) is 11.3 Å². The van der Waals surface area contributed by atoms with E-state index >= 15 is 0 Å². The number of benzene rings is 1. The Morgan fingerprint density at radius 1 is 1.45 bits per heavy atom. The van der Waals surface area contributed by atoms with Gasteiger partial charge >= 0.3 is 12.0 Å². The van der Waals surface area contributed by atoms with Crippen LogP contribution in [0.25, 0.3) is 0 Å². The predicted molar refractivity (Wildman–Crippen MR) is 75.4 cm³/mol. The molecule has 1 atom stereocenters. The number of anilines is 1. The first kappa shape index (κ1) is 16.0. The summed E-state index contributed by atoms with van der Waals surface area (Å²) in [7, 11) is 1.50. The molecule has 1 unspecified atom stereocenters. The van der Waals surface area contributed by atoms with Crippen molar-refractivity contribution in [3.63, 3.8) is 0 Å². The minimum Gasteiger partial charge on any atom is -0.465 e. The van der Waals surface area contributed by atoms with Crippen molar-refractivity contribution in [2.24, 2.45) is 0 Å². The second-order valence-electron chi connectivity index (χ2n) is 4.39. The minimum atomic E-state index is -0.607. The molecule has 0 aliphatic rings. The van der Waals surface area contributed by atoms with E-state index in [-0.39, 0.29) is 13.2 Å². The molecule has 2 N–H and O–H groups in total. The van der Waals surface area contributed by atoms with Crippen molar-refractivity contribution in [3.05, 3.63) is 29.8 Å². The van der Waals surface area contributed by atoms with Crippen LogP contribution in [0.5, 0.6) is 0 Å². The van der Waals surface area contributed by atoms with Crippen LogP contribution in [-0.4, -0.2) is 42.2 Å². The Kier molecular flexibility index (Phi) is 5.99. The third kappa shape index (κ3) is 4.89. The first-order valence-corrected chi connectivity index (χ1v) is 6.39. The maximum atomic E-state index is 11.9. The Bertz CT molecular complexity index is 474. The molecule has 0 aliphatic heterocycles. The number of ether oxygens (including phenoxy) is 1. The maximum absolute atomic E-state index is 11.9. The molecule has 0 aliphatic carbocycles. The van der Waals surface area contributed by atoms with Crippen molar-refractivity contribution in [1.29, 1.82) is 0 Å². The molecular weight excluding hydrogens is 260 g/mol. The molecule has 2 amide bonds. The van der Waals surface area contributed by atoms with Crippen molar-refractivity contribution in [2.45, 2.75) is 20.0 Å². The van der Waals surface area contributed by atoms with E-state index in [1.165, 1.54) is 11.9 Å². The number of hydrogen-bond donors (Lipinski definition) is 2. The first-order chi connectivity index (χ1) is 9.43. The zero-order valence-corrected chi connectivity index (χ0v) is 11.9. The first-order valence-electron chi connectivity index (χ1n) is 6.39. The highest BCUT2D eigenvalue weighted by atomic mass is 16.5. The lowest BCUT2D eigenvalue weighted by Gasteiger charge is -2.17. The van der Waals surface area contributed by atoms with E-state index in [1.54, 1.807) is 38.1 Å². The van der Waals surface area contributed by atoms with Crippen LogP contribution in [-0.2, 0) is 9.53 Å². The average Bonchev–Trinajstić information content (AvgIpc) is 2.39. The van der Waals surface area contributed by atoms with E-state index < -0.39 is 18.1 Å². The SMILES string of the molecule is CCOC(=O)CN(C)C(=O)Nc1cccc(C(C)O)c1. The van der Waals surface area contributed by atoms with Crippen LogP contribution in [0.3, 0.4) is 0 Å². The van der Waals surface area contributed by atoms with Gasteiger partial charge in [0.25, 0.3) is 0 Å². The molecule has 6 nitrogen and oxygen atoms in total. The highest BCUT2D eigenvalue weighted by Crippen LogP contribution is 2.17. The minimum absolute atomic E-state index is 0.115. The number of carbonyl (C=O) groups excluding carboxylic acids is 2. The summed E-state index contributed by atoms with van der Waals surface area (Å²) in [5, 5.41) is 12.1. The van der Waals surface area contributed by atoms with E-state index in [4.69, 9.17) is 4.74 Å².